The van der Waals surface area contributed by atoms with E-state index in [-0.39, 0.29) is 5.91 Å². The van der Waals surface area contributed by atoms with Crippen molar-refractivity contribution < 1.29 is 4.79 Å². The van der Waals surface area contributed by atoms with Crippen molar-refractivity contribution in [3.05, 3.63) is 23.9 Å². The molecule has 18 heavy (non-hydrogen) atoms. The summed E-state index contributed by atoms with van der Waals surface area (Å²) in [4.78, 5) is 18.2. The summed E-state index contributed by atoms with van der Waals surface area (Å²) in [5.74, 6) is 1.74. The molecule has 0 aromatic carbocycles. The molecule has 0 saturated carbocycles. The Kier molecular flexibility index (Phi) is 4.18. The zero-order chi connectivity index (χ0) is 13.0. The van der Waals surface area contributed by atoms with Crippen LogP contribution in [0.1, 0.15) is 25.0 Å². The van der Waals surface area contributed by atoms with Gasteiger partial charge >= 0.3 is 0 Å². The first-order valence-electron chi connectivity index (χ1n) is 6.58. The van der Waals surface area contributed by atoms with E-state index in [2.05, 4.69) is 21.3 Å². The summed E-state index contributed by atoms with van der Waals surface area (Å²) in [6.07, 6.45) is 2.80. The topological polar surface area (TPSA) is 45.2 Å². The lowest BCUT2D eigenvalue weighted by atomic mass is 9.93. The second-order valence-corrected chi connectivity index (χ2v) is 4.94. The van der Waals surface area contributed by atoms with Gasteiger partial charge in [0.2, 0.25) is 5.91 Å². The van der Waals surface area contributed by atoms with Crippen LogP contribution in [0.15, 0.2) is 18.2 Å². The Bertz CT molecular complexity index is 411. The summed E-state index contributed by atoms with van der Waals surface area (Å²) in [5, 5.41) is 2.70. The maximum atomic E-state index is 11.3. The van der Waals surface area contributed by atoms with E-state index in [1.54, 1.807) is 7.05 Å². The first kappa shape index (κ1) is 12.9. The lowest BCUT2D eigenvalue weighted by molar-refractivity contribution is -0.121. The largest absolute Gasteiger partial charge is 0.359 e. The van der Waals surface area contributed by atoms with Crippen LogP contribution in [0.5, 0.6) is 0 Å². The summed E-state index contributed by atoms with van der Waals surface area (Å²) in [6, 6.07) is 6.13. The predicted molar refractivity (Wildman–Crippen MR) is 72.6 cm³/mol. The van der Waals surface area contributed by atoms with Gasteiger partial charge in [0.15, 0.2) is 0 Å². The molecule has 98 valence electrons. The van der Waals surface area contributed by atoms with Gasteiger partial charge in [0.25, 0.3) is 0 Å². The van der Waals surface area contributed by atoms with Gasteiger partial charge in [-0.15, -0.1) is 0 Å². The summed E-state index contributed by atoms with van der Waals surface area (Å²) in [7, 11) is 1.70. The number of aryl methyl sites for hydroxylation is 1. The van der Waals surface area contributed by atoms with Crippen LogP contribution in [0.3, 0.4) is 0 Å². The van der Waals surface area contributed by atoms with Crippen LogP contribution in [-0.2, 0) is 4.79 Å². The van der Waals surface area contributed by atoms with Crippen LogP contribution in [0.25, 0.3) is 0 Å². The molecule has 0 atom stereocenters. The molecule has 4 nitrogen and oxygen atoms in total. The fourth-order valence-electron chi connectivity index (χ4n) is 2.44. The molecule has 1 aromatic heterocycles. The number of rotatable bonds is 3. The fourth-order valence-corrected chi connectivity index (χ4v) is 2.44. The third-order valence-corrected chi connectivity index (χ3v) is 3.57. The van der Waals surface area contributed by atoms with Crippen molar-refractivity contribution in [1.82, 2.24) is 10.3 Å². The van der Waals surface area contributed by atoms with Crippen LogP contribution in [0.2, 0.25) is 0 Å². The van der Waals surface area contributed by atoms with Crippen molar-refractivity contribution in [2.75, 3.05) is 25.0 Å². The van der Waals surface area contributed by atoms with Gasteiger partial charge in [-0.05, 0) is 37.8 Å². The predicted octanol–water partition coefficient (Wildman–Crippen LogP) is 1.74. The van der Waals surface area contributed by atoms with E-state index >= 15 is 0 Å². The zero-order valence-corrected chi connectivity index (χ0v) is 11.1. The molecule has 2 heterocycles. The average molecular weight is 247 g/mol. The van der Waals surface area contributed by atoms with Crippen LogP contribution in [-0.4, -0.2) is 31.0 Å². The van der Waals surface area contributed by atoms with E-state index in [1.165, 1.54) is 0 Å². The minimum absolute atomic E-state index is 0.155. The highest BCUT2D eigenvalue weighted by molar-refractivity contribution is 5.75. The Balaban J connectivity index is 1.88. The van der Waals surface area contributed by atoms with E-state index in [4.69, 9.17) is 0 Å². The molecule has 1 aliphatic rings. The van der Waals surface area contributed by atoms with Gasteiger partial charge in [-0.2, -0.15) is 0 Å². The fraction of sp³-hybridized carbons (Fsp3) is 0.571. The van der Waals surface area contributed by atoms with Crippen LogP contribution >= 0.6 is 0 Å². The molecule has 0 unspecified atom stereocenters. The Labute approximate surface area is 108 Å². The Morgan fingerprint density at radius 2 is 2.17 bits per heavy atom. The second-order valence-electron chi connectivity index (χ2n) is 4.94. The molecule has 4 heteroatoms. The van der Waals surface area contributed by atoms with Crippen LogP contribution < -0.4 is 10.2 Å². The third kappa shape index (κ3) is 3.22. The number of nitrogens with one attached hydrogen (secondary N) is 1. The molecule has 1 aliphatic heterocycles. The van der Waals surface area contributed by atoms with E-state index in [1.807, 2.05) is 19.1 Å². The number of hydrogen-bond donors (Lipinski definition) is 1. The van der Waals surface area contributed by atoms with Crippen molar-refractivity contribution in [3.8, 4) is 0 Å². The number of anilines is 1. The monoisotopic (exact) mass is 247 g/mol. The number of aromatic nitrogens is 1. The molecule has 0 radical (unpaired) electrons. The summed E-state index contributed by atoms with van der Waals surface area (Å²) in [6.45, 7) is 4.01. The summed E-state index contributed by atoms with van der Waals surface area (Å²) in [5.41, 5.74) is 1.06. The molecule has 1 aromatic rings. The van der Waals surface area contributed by atoms with Crippen LogP contribution in [0.4, 0.5) is 5.82 Å². The molecular weight excluding hydrogens is 226 g/mol. The third-order valence-electron chi connectivity index (χ3n) is 3.57. The van der Waals surface area contributed by atoms with Crippen molar-refractivity contribution in [2.24, 2.45) is 5.92 Å². The number of amides is 1. The van der Waals surface area contributed by atoms with Crippen molar-refractivity contribution in [2.45, 2.75) is 26.2 Å². The van der Waals surface area contributed by atoms with Crippen molar-refractivity contribution in [1.29, 1.82) is 0 Å². The second kappa shape index (κ2) is 5.85. The van der Waals surface area contributed by atoms with Gasteiger partial charge in [-0.25, -0.2) is 4.98 Å². The smallest absolute Gasteiger partial charge is 0.220 e. The SMILES string of the molecule is CNC(=O)CC1CCN(c2cccc(C)n2)CC1. The van der Waals surface area contributed by atoms with E-state index in [0.29, 0.717) is 12.3 Å². The number of pyridine rings is 1. The van der Waals surface area contributed by atoms with Gasteiger partial charge in [-0.3, -0.25) is 4.79 Å². The molecule has 1 N–H and O–H groups in total. The molecule has 0 aliphatic carbocycles. The normalized spacial score (nSPS) is 16.7. The molecule has 0 spiro atoms. The molecule has 2 rings (SSSR count). The lowest BCUT2D eigenvalue weighted by Gasteiger charge is -2.32. The molecule has 0 bridgehead atoms. The number of nitrogens with zero attached hydrogens (tertiary/aromatic N) is 2. The maximum Gasteiger partial charge on any atom is 0.220 e. The van der Waals surface area contributed by atoms with Crippen molar-refractivity contribution in [3.63, 3.8) is 0 Å². The number of carbonyl (C=O) groups is 1. The van der Waals surface area contributed by atoms with Crippen molar-refractivity contribution >= 4 is 11.7 Å². The summed E-state index contributed by atoms with van der Waals surface area (Å²) >= 11 is 0. The van der Waals surface area contributed by atoms with E-state index in [0.717, 1.165) is 37.4 Å². The first-order valence-corrected chi connectivity index (χ1v) is 6.58. The van der Waals surface area contributed by atoms with Gasteiger partial charge in [-0.1, -0.05) is 6.07 Å². The van der Waals surface area contributed by atoms with Gasteiger partial charge < -0.3 is 10.2 Å². The minimum Gasteiger partial charge on any atom is -0.359 e. The first-order chi connectivity index (χ1) is 8.69. The minimum atomic E-state index is 0.155. The molecular formula is C14H21N3O. The Morgan fingerprint density at radius 3 is 2.78 bits per heavy atom. The zero-order valence-electron chi connectivity index (χ0n) is 11.1. The Morgan fingerprint density at radius 1 is 1.44 bits per heavy atom. The number of piperidine rings is 1. The van der Waals surface area contributed by atoms with E-state index < -0.39 is 0 Å². The maximum absolute atomic E-state index is 11.3. The quantitative estimate of drug-likeness (QED) is 0.885. The highest BCUT2D eigenvalue weighted by Gasteiger charge is 2.21. The van der Waals surface area contributed by atoms with E-state index in [9.17, 15) is 4.79 Å². The average Bonchev–Trinajstić information content (AvgIpc) is 2.39. The molecule has 1 saturated heterocycles. The van der Waals surface area contributed by atoms with Gasteiger partial charge in [0.05, 0.1) is 0 Å². The lowest BCUT2D eigenvalue weighted by Crippen LogP contribution is -2.36. The number of hydrogen-bond acceptors (Lipinski definition) is 3. The van der Waals surface area contributed by atoms with Gasteiger partial charge in [0, 0.05) is 32.3 Å². The highest BCUT2D eigenvalue weighted by atomic mass is 16.1. The molecule has 1 fully saturated rings. The summed E-state index contributed by atoms with van der Waals surface area (Å²) < 4.78 is 0. The highest BCUT2D eigenvalue weighted by Crippen LogP contribution is 2.23. The Hall–Kier alpha value is -1.58. The van der Waals surface area contributed by atoms with Crippen LogP contribution in [0, 0.1) is 12.8 Å². The number of carbonyl (C=O) groups excluding carboxylic acids is 1. The molecule has 1 amide bonds. The van der Waals surface area contributed by atoms with Gasteiger partial charge in [0.1, 0.15) is 5.82 Å². The standard InChI is InChI=1S/C14H21N3O/c1-11-4-3-5-13(16-11)17-8-6-12(7-9-17)10-14(18)15-2/h3-5,12H,6-10H2,1-2H3,(H,15,18).